The van der Waals surface area contributed by atoms with E-state index in [1.807, 2.05) is 32.0 Å². The summed E-state index contributed by atoms with van der Waals surface area (Å²) in [6.07, 6.45) is 3.05. The molecule has 2 amide bonds. The van der Waals surface area contributed by atoms with Crippen molar-refractivity contribution >= 4 is 29.4 Å². The number of para-hydroxylation sites is 1. The number of allylic oxidation sites excluding steroid dienone is 1. The van der Waals surface area contributed by atoms with Crippen LogP contribution in [0.3, 0.4) is 0 Å². The van der Waals surface area contributed by atoms with Gasteiger partial charge in [0.05, 0.1) is 24.7 Å². The van der Waals surface area contributed by atoms with Gasteiger partial charge in [-0.05, 0) is 45.0 Å². The quantitative estimate of drug-likeness (QED) is 0.738. The molecule has 1 spiro atoms. The van der Waals surface area contributed by atoms with Crippen molar-refractivity contribution < 1.29 is 14.3 Å². The zero-order chi connectivity index (χ0) is 21.5. The first-order chi connectivity index (χ1) is 14.4. The Balaban J connectivity index is 1.94. The van der Waals surface area contributed by atoms with Gasteiger partial charge in [-0.25, -0.2) is 5.01 Å². The van der Waals surface area contributed by atoms with Crippen LogP contribution >= 0.6 is 0 Å². The summed E-state index contributed by atoms with van der Waals surface area (Å²) in [5.74, 6) is -0.102. The van der Waals surface area contributed by atoms with Crippen LogP contribution in [-0.4, -0.2) is 35.9 Å². The number of carbonyl (C=O) groups is 2. The molecule has 4 rings (SSSR count). The second kappa shape index (κ2) is 7.26. The highest BCUT2D eigenvalue weighted by atomic mass is 16.5. The first kappa shape index (κ1) is 19.6. The molecule has 0 N–H and O–H groups in total. The lowest BCUT2D eigenvalue weighted by atomic mass is 9.80. The number of carbonyl (C=O) groups excluding carboxylic acids is 2. The van der Waals surface area contributed by atoms with Gasteiger partial charge in [-0.3, -0.25) is 9.59 Å². The highest BCUT2D eigenvalue weighted by Gasteiger charge is 2.59. The molecule has 2 aromatic carbocycles. The minimum atomic E-state index is -1.46. The van der Waals surface area contributed by atoms with Crippen molar-refractivity contribution in [3.05, 3.63) is 71.3 Å². The van der Waals surface area contributed by atoms with Gasteiger partial charge in [0.25, 0.3) is 11.8 Å². The Labute approximate surface area is 174 Å². The van der Waals surface area contributed by atoms with Crippen LogP contribution in [-0.2, 0) is 15.1 Å². The molecule has 2 heterocycles. The van der Waals surface area contributed by atoms with Gasteiger partial charge in [-0.2, -0.15) is 15.2 Å². The second-order valence-electron chi connectivity index (χ2n) is 7.42. The van der Waals surface area contributed by atoms with E-state index in [1.54, 1.807) is 50.6 Å². The number of anilines is 1. The van der Waals surface area contributed by atoms with Gasteiger partial charge in [-0.15, -0.1) is 0 Å². The minimum Gasteiger partial charge on any atom is -0.497 e. The molecule has 152 valence electrons. The number of fused-ring (bicyclic) bond motifs is 2. The lowest BCUT2D eigenvalue weighted by molar-refractivity contribution is -0.139. The second-order valence-corrected chi connectivity index (χ2v) is 7.42. The van der Waals surface area contributed by atoms with Gasteiger partial charge < -0.3 is 4.74 Å². The third kappa shape index (κ3) is 2.82. The summed E-state index contributed by atoms with van der Waals surface area (Å²) in [5, 5.41) is 11.5. The van der Waals surface area contributed by atoms with Crippen LogP contribution in [0.4, 0.5) is 5.69 Å². The fraction of sp³-hybridized carbons (Fsp3) is 0.217. The Kier molecular flexibility index (Phi) is 4.73. The van der Waals surface area contributed by atoms with Crippen LogP contribution < -0.4 is 9.75 Å². The lowest BCUT2D eigenvalue weighted by Crippen LogP contribution is -2.58. The van der Waals surface area contributed by atoms with E-state index in [-0.39, 0.29) is 11.8 Å². The molecule has 30 heavy (non-hydrogen) atoms. The van der Waals surface area contributed by atoms with Crippen molar-refractivity contribution in [1.82, 2.24) is 5.01 Å². The van der Waals surface area contributed by atoms with Gasteiger partial charge in [0.2, 0.25) is 5.54 Å². The van der Waals surface area contributed by atoms with Gasteiger partial charge in [0.1, 0.15) is 5.75 Å². The maximum absolute atomic E-state index is 13.9. The molecular weight excluding hydrogens is 380 g/mol. The highest BCUT2D eigenvalue weighted by molar-refractivity contribution is 6.25. The molecule has 1 atom stereocenters. The summed E-state index contributed by atoms with van der Waals surface area (Å²) in [4.78, 5) is 27.0. The summed E-state index contributed by atoms with van der Waals surface area (Å²) in [6.45, 7) is 5.40. The van der Waals surface area contributed by atoms with E-state index >= 15 is 0 Å². The van der Waals surface area contributed by atoms with Gasteiger partial charge in [0.15, 0.2) is 0 Å². The number of rotatable bonds is 3. The van der Waals surface area contributed by atoms with Crippen LogP contribution in [0.2, 0.25) is 0 Å². The monoisotopic (exact) mass is 402 g/mol. The van der Waals surface area contributed by atoms with Crippen LogP contribution in [0.5, 0.6) is 5.75 Å². The number of hydrogen-bond acceptors (Lipinski definition) is 5. The third-order valence-electron chi connectivity index (χ3n) is 5.18. The number of nitrogens with zero attached hydrogens (tertiary/aromatic N) is 4. The zero-order valence-electron chi connectivity index (χ0n) is 17.3. The molecule has 0 aromatic heterocycles. The van der Waals surface area contributed by atoms with Crippen molar-refractivity contribution in [1.29, 1.82) is 0 Å². The summed E-state index contributed by atoms with van der Waals surface area (Å²) >= 11 is 0. The maximum Gasteiger partial charge on any atom is 0.286 e. The van der Waals surface area contributed by atoms with E-state index < -0.39 is 5.54 Å². The van der Waals surface area contributed by atoms with Crippen LogP contribution in [0.1, 0.15) is 31.9 Å². The molecular formula is C23H22N4O3. The molecule has 0 saturated heterocycles. The first-order valence-electron chi connectivity index (χ1n) is 9.56. The Hall–Kier alpha value is -3.74. The maximum atomic E-state index is 13.9. The molecule has 0 radical (unpaired) electrons. The molecule has 2 aromatic rings. The average molecular weight is 402 g/mol. The van der Waals surface area contributed by atoms with Crippen molar-refractivity contribution in [2.75, 3.05) is 12.1 Å². The van der Waals surface area contributed by atoms with E-state index in [4.69, 9.17) is 4.74 Å². The summed E-state index contributed by atoms with van der Waals surface area (Å²) in [6, 6.07) is 14.5. The van der Waals surface area contributed by atoms with Gasteiger partial charge >= 0.3 is 0 Å². The number of amides is 2. The Morgan fingerprint density at radius 3 is 2.53 bits per heavy atom. The van der Waals surface area contributed by atoms with Crippen LogP contribution in [0.25, 0.3) is 0 Å². The fourth-order valence-electron chi connectivity index (χ4n) is 3.83. The molecule has 7 heteroatoms. The number of ether oxygens (including phenoxy) is 1. The minimum absolute atomic E-state index is 0.357. The van der Waals surface area contributed by atoms with E-state index in [9.17, 15) is 9.59 Å². The lowest BCUT2D eigenvalue weighted by Gasteiger charge is -2.39. The Morgan fingerprint density at radius 2 is 1.87 bits per heavy atom. The molecule has 2 aliphatic rings. The molecule has 0 aliphatic carbocycles. The predicted octanol–water partition coefficient (Wildman–Crippen LogP) is 3.46. The molecule has 0 saturated carbocycles. The van der Waals surface area contributed by atoms with Gasteiger partial charge in [0, 0.05) is 17.2 Å². The highest BCUT2D eigenvalue weighted by Crippen LogP contribution is 2.43. The zero-order valence-corrected chi connectivity index (χ0v) is 17.3. The van der Waals surface area contributed by atoms with Crippen molar-refractivity contribution in [3.8, 4) is 5.75 Å². The van der Waals surface area contributed by atoms with E-state index in [1.165, 1.54) is 16.1 Å². The van der Waals surface area contributed by atoms with Crippen molar-refractivity contribution in [2.24, 2.45) is 10.2 Å². The summed E-state index contributed by atoms with van der Waals surface area (Å²) < 4.78 is 5.33. The fourth-order valence-corrected chi connectivity index (χ4v) is 3.83. The molecule has 7 nitrogen and oxygen atoms in total. The summed E-state index contributed by atoms with van der Waals surface area (Å²) in [7, 11) is 1.58. The van der Waals surface area contributed by atoms with Crippen LogP contribution in [0, 0.1) is 0 Å². The van der Waals surface area contributed by atoms with Crippen molar-refractivity contribution in [2.45, 2.75) is 26.3 Å². The van der Waals surface area contributed by atoms with E-state index in [2.05, 4.69) is 10.2 Å². The van der Waals surface area contributed by atoms with Crippen molar-refractivity contribution in [3.63, 3.8) is 0 Å². The Morgan fingerprint density at radius 1 is 1.13 bits per heavy atom. The first-order valence-corrected chi connectivity index (χ1v) is 9.56. The smallest absolute Gasteiger partial charge is 0.286 e. The third-order valence-corrected chi connectivity index (χ3v) is 5.18. The largest absolute Gasteiger partial charge is 0.497 e. The SMILES string of the molecule is COc1ccc2c(c1)C=NN(C(=O)C=C(C)C)C21C(=O)N(c2ccccc2)N=C1C. The predicted molar refractivity (Wildman–Crippen MR) is 116 cm³/mol. The number of benzene rings is 2. The standard InChI is InChI=1S/C23H22N4O3/c1-15(2)12-21(28)27-23(20-11-10-19(30-4)13-17(20)14-24-27)16(3)25-26(22(23)29)18-8-6-5-7-9-18/h5-14H,1-4H3. The molecule has 2 aliphatic heterocycles. The van der Waals surface area contributed by atoms with E-state index in [0.717, 1.165) is 5.57 Å². The number of hydrazone groups is 2. The Bertz CT molecular complexity index is 1120. The average Bonchev–Trinajstić information content (AvgIpc) is 2.99. The molecule has 1 unspecified atom stereocenters. The molecule has 0 fully saturated rings. The van der Waals surface area contributed by atoms with Gasteiger partial charge in [-0.1, -0.05) is 29.8 Å². The number of hydrogen-bond donors (Lipinski definition) is 0. The van der Waals surface area contributed by atoms with Crippen LogP contribution in [0.15, 0.2) is 70.4 Å². The summed E-state index contributed by atoms with van der Waals surface area (Å²) in [5.41, 5.74) is 1.78. The topological polar surface area (TPSA) is 74.6 Å². The normalized spacial score (nSPS) is 19.6. The number of methoxy groups -OCH3 is 1. The molecule has 0 bridgehead atoms. The van der Waals surface area contributed by atoms with E-state index in [0.29, 0.717) is 28.3 Å².